The summed E-state index contributed by atoms with van der Waals surface area (Å²) >= 11 is 0. The molecule has 0 unspecified atom stereocenters. The van der Waals surface area contributed by atoms with Gasteiger partial charge in [-0.3, -0.25) is 9.89 Å². The number of hydrogen-bond acceptors (Lipinski definition) is 6. The number of alkyl halides is 3. The number of rotatable bonds is 6. The lowest BCUT2D eigenvalue weighted by Crippen LogP contribution is -2.23. The molecule has 3 N–H and O–H groups in total. The van der Waals surface area contributed by atoms with Crippen LogP contribution in [-0.4, -0.2) is 52.3 Å². The number of aliphatic hydroxyl groups is 1. The molecule has 8 nitrogen and oxygen atoms in total. The van der Waals surface area contributed by atoms with Crippen molar-refractivity contribution >= 4 is 17.4 Å². The third-order valence-corrected chi connectivity index (χ3v) is 5.18. The topological polar surface area (TPSA) is 103 Å². The first-order valence-electron chi connectivity index (χ1n) is 9.96. The Morgan fingerprint density at radius 2 is 2.12 bits per heavy atom. The molecule has 1 aromatic carbocycles. The number of ether oxygens (including phenoxy) is 1. The van der Waals surface area contributed by atoms with Crippen LogP contribution in [0.25, 0.3) is 11.3 Å². The van der Waals surface area contributed by atoms with Crippen LogP contribution in [0, 0.1) is 11.7 Å². The van der Waals surface area contributed by atoms with Crippen molar-refractivity contribution in [3.05, 3.63) is 54.1 Å². The Labute approximate surface area is 185 Å². The van der Waals surface area contributed by atoms with Crippen molar-refractivity contribution in [3.63, 3.8) is 0 Å². The molecule has 4 rings (SSSR count). The summed E-state index contributed by atoms with van der Waals surface area (Å²) in [4.78, 5) is 19.2. The van der Waals surface area contributed by atoms with Gasteiger partial charge in [0.1, 0.15) is 5.82 Å². The molecule has 1 amide bonds. The predicted octanol–water partition coefficient (Wildman–Crippen LogP) is 3.58. The lowest BCUT2D eigenvalue weighted by Gasteiger charge is -2.21. The number of carbonyl (C=O) groups is 1. The van der Waals surface area contributed by atoms with E-state index in [1.54, 1.807) is 18.3 Å². The molecule has 0 spiro atoms. The van der Waals surface area contributed by atoms with E-state index >= 15 is 0 Å². The van der Waals surface area contributed by atoms with Crippen LogP contribution < -0.4 is 15.0 Å². The first kappa shape index (κ1) is 22.5. The number of hydrogen-bond donors (Lipinski definition) is 3. The van der Waals surface area contributed by atoms with Crippen molar-refractivity contribution in [2.45, 2.75) is 12.8 Å². The van der Waals surface area contributed by atoms with Gasteiger partial charge in [0.2, 0.25) is 0 Å². The lowest BCUT2D eigenvalue weighted by atomic mass is 10.1. The van der Waals surface area contributed by atoms with E-state index in [4.69, 9.17) is 0 Å². The maximum absolute atomic E-state index is 13.9. The standard InChI is InChI=1S/C21H19F4N5O3/c22-16-8-14(1-2-18(16)33-21(23,24)25)28-20(32)13-7-15(17-3-5-27-29-17)19(26-9-13)30-6-4-12(10-30)11-31/h1-3,5,7-9,12,31H,4,6,10-11H2,(H,27,29)(H,28,32)/t12-/m0/s1. The van der Waals surface area contributed by atoms with Crippen LogP contribution in [0.1, 0.15) is 16.8 Å². The Kier molecular flexibility index (Phi) is 6.18. The molecule has 2 aromatic heterocycles. The maximum atomic E-state index is 13.9. The smallest absolute Gasteiger partial charge is 0.403 e. The van der Waals surface area contributed by atoms with Crippen LogP contribution in [0.5, 0.6) is 5.75 Å². The molecule has 3 heterocycles. The minimum atomic E-state index is -5.03. The van der Waals surface area contributed by atoms with Crippen molar-refractivity contribution in [3.8, 4) is 17.0 Å². The monoisotopic (exact) mass is 465 g/mol. The molecular formula is C21H19F4N5O3. The van der Waals surface area contributed by atoms with Gasteiger partial charge in [-0.2, -0.15) is 5.10 Å². The number of pyridine rings is 1. The summed E-state index contributed by atoms with van der Waals surface area (Å²) in [5.41, 5.74) is 1.33. The van der Waals surface area contributed by atoms with Crippen molar-refractivity contribution in [1.29, 1.82) is 0 Å². The van der Waals surface area contributed by atoms with Crippen molar-refractivity contribution in [2.24, 2.45) is 5.92 Å². The summed E-state index contributed by atoms with van der Waals surface area (Å²) < 4.78 is 54.4. The van der Waals surface area contributed by atoms with Gasteiger partial charge < -0.3 is 20.1 Å². The fourth-order valence-corrected chi connectivity index (χ4v) is 3.60. The van der Waals surface area contributed by atoms with Gasteiger partial charge >= 0.3 is 6.36 Å². The molecule has 1 atom stereocenters. The zero-order valence-corrected chi connectivity index (χ0v) is 17.1. The third-order valence-electron chi connectivity index (χ3n) is 5.18. The van der Waals surface area contributed by atoms with Crippen LogP contribution in [0.15, 0.2) is 42.7 Å². The fraction of sp³-hybridized carbons (Fsp3) is 0.286. The number of anilines is 2. The van der Waals surface area contributed by atoms with E-state index in [0.717, 1.165) is 24.6 Å². The van der Waals surface area contributed by atoms with E-state index < -0.39 is 23.8 Å². The highest BCUT2D eigenvalue weighted by molar-refractivity contribution is 6.05. The second-order valence-corrected chi connectivity index (χ2v) is 7.50. The molecule has 1 fully saturated rings. The van der Waals surface area contributed by atoms with E-state index in [1.165, 1.54) is 6.20 Å². The van der Waals surface area contributed by atoms with E-state index in [9.17, 15) is 27.5 Å². The number of halogens is 4. The fourth-order valence-electron chi connectivity index (χ4n) is 3.60. The Bertz CT molecular complexity index is 1140. The van der Waals surface area contributed by atoms with Crippen LogP contribution in [0.3, 0.4) is 0 Å². The summed E-state index contributed by atoms with van der Waals surface area (Å²) in [6.45, 7) is 1.37. The Hall–Kier alpha value is -3.67. The van der Waals surface area contributed by atoms with Gasteiger partial charge in [0.15, 0.2) is 11.6 Å². The lowest BCUT2D eigenvalue weighted by molar-refractivity contribution is -0.275. The molecule has 0 aliphatic carbocycles. The minimum absolute atomic E-state index is 0.0514. The molecular weight excluding hydrogens is 446 g/mol. The largest absolute Gasteiger partial charge is 0.573 e. The Morgan fingerprint density at radius 1 is 1.30 bits per heavy atom. The van der Waals surface area contributed by atoms with Crippen LogP contribution in [0.4, 0.5) is 29.1 Å². The van der Waals surface area contributed by atoms with Crippen molar-refractivity contribution in [2.75, 3.05) is 29.9 Å². The molecule has 33 heavy (non-hydrogen) atoms. The van der Waals surface area contributed by atoms with Crippen LogP contribution >= 0.6 is 0 Å². The van der Waals surface area contributed by atoms with Gasteiger partial charge in [0, 0.05) is 55.3 Å². The number of carbonyl (C=O) groups excluding carboxylic acids is 1. The zero-order chi connectivity index (χ0) is 23.6. The van der Waals surface area contributed by atoms with E-state index in [2.05, 4.69) is 25.2 Å². The molecule has 3 aromatic rings. The second kappa shape index (κ2) is 9.06. The molecule has 0 radical (unpaired) electrons. The summed E-state index contributed by atoms with van der Waals surface area (Å²) in [5, 5.41) is 18.6. The first-order chi connectivity index (χ1) is 15.7. The quantitative estimate of drug-likeness (QED) is 0.481. The predicted molar refractivity (Wildman–Crippen MR) is 110 cm³/mol. The van der Waals surface area contributed by atoms with E-state index in [0.29, 0.717) is 30.2 Å². The molecule has 1 aliphatic heterocycles. The molecule has 1 saturated heterocycles. The Balaban J connectivity index is 1.57. The summed E-state index contributed by atoms with van der Waals surface area (Å²) in [7, 11) is 0. The molecule has 174 valence electrons. The second-order valence-electron chi connectivity index (χ2n) is 7.50. The summed E-state index contributed by atoms with van der Waals surface area (Å²) in [6.07, 6.45) is -1.31. The molecule has 1 aliphatic rings. The number of aromatic nitrogens is 3. The highest BCUT2D eigenvalue weighted by atomic mass is 19.4. The zero-order valence-electron chi connectivity index (χ0n) is 17.1. The molecule has 0 bridgehead atoms. The highest BCUT2D eigenvalue weighted by Crippen LogP contribution is 2.32. The van der Waals surface area contributed by atoms with Gasteiger partial charge in [-0.1, -0.05) is 0 Å². The van der Waals surface area contributed by atoms with Crippen molar-refractivity contribution < 1.29 is 32.2 Å². The first-order valence-corrected chi connectivity index (χ1v) is 9.96. The number of aromatic amines is 1. The number of nitrogens with one attached hydrogen (secondary N) is 2. The van der Waals surface area contributed by atoms with E-state index in [1.807, 2.05) is 4.90 Å². The van der Waals surface area contributed by atoms with Gasteiger partial charge in [0.05, 0.1) is 11.3 Å². The number of H-pyrrole nitrogens is 1. The van der Waals surface area contributed by atoms with Gasteiger partial charge in [0.25, 0.3) is 5.91 Å². The number of amides is 1. The van der Waals surface area contributed by atoms with Crippen LogP contribution in [-0.2, 0) is 0 Å². The van der Waals surface area contributed by atoms with Gasteiger partial charge in [-0.05, 0) is 30.7 Å². The average molecular weight is 465 g/mol. The molecule has 12 heteroatoms. The summed E-state index contributed by atoms with van der Waals surface area (Å²) in [6, 6.07) is 5.92. The van der Waals surface area contributed by atoms with Gasteiger partial charge in [-0.25, -0.2) is 9.37 Å². The van der Waals surface area contributed by atoms with Gasteiger partial charge in [-0.15, -0.1) is 13.2 Å². The Morgan fingerprint density at radius 3 is 2.76 bits per heavy atom. The van der Waals surface area contributed by atoms with E-state index in [-0.39, 0.29) is 23.8 Å². The normalized spacial score (nSPS) is 16.2. The average Bonchev–Trinajstić information content (AvgIpc) is 3.46. The minimum Gasteiger partial charge on any atom is -0.403 e. The third kappa shape index (κ3) is 5.22. The summed E-state index contributed by atoms with van der Waals surface area (Å²) in [5.74, 6) is -2.16. The number of benzene rings is 1. The van der Waals surface area contributed by atoms with Crippen molar-refractivity contribution in [1.82, 2.24) is 15.2 Å². The SMILES string of the molecule is O=C(Nc1ccc(OC(F)(F)F)c(F)c1)c1cnc(N2CC[C@H](CO)C2)c(-c2ccn[nH]2)c1. The molecule has 0 saturated carbocycles. The number of aliphatic hydroxyl groups excluding tert-OH is 1. The number of nitrogens with zero attached hydrogens (tertiary/aromatic N) is 3. The highest BCUT2D eigenvalue weighted by Gasteiger charge is 2.32. The maximum Gasteiger partial charge on any atom is 0.573 e. The van der Waals surface area contributed by atoms with Crippen LogP contribution in [0.2, 0.25) is 0 Å².